The number of hydrogen-bond acceptors (Lipinski definition) is 10. The molecule has 0 bridgehead atoms. The normalized spacial score (nSPS) is 16.4. The van der Waals surface area contributed by atoms with Crippen LogP contribution < -0.4 is 15.0 Å². The predicted octanol–water partition coefficient (Wildman–Crippen LogP) is 2.10. The van der Waals surface area contributed by atoms with Gasteiger partial charge in [-0.1, -0.05) is 19.9 Å². The van der Waals surface area contributed by atoms with E-state index in [2.05, 4.69) is 54.3 Å². The number of benzene rings is 1. The lowest BCUT2D eigenvalue weighted by Crippen LogP contribution is -2.53. The highest BCUT2D eigenvalue weighted by Crippen LogP contribution is 2.32. The van der Waals surface area contributed by atoms with Gasteiger partial charge >= 0.3 is 0 Å². The van der Waals surface area contributed by atoms with Gasteiger partial charge in [-0.25, -0.2) is 19.5 Å². The van der Waals surface area contributed by atoms with Gasteiger partial charge in [0, 0.05) is 36.8 Å². The summed E-state index contributed by atoms with van der Waals surface area (Å²) in [6.45, 7) is 8.76. The summed E-state index contributed by atoms with van der Waals surface area (Å²) in [7, 11) is 1.54. The molecule has 0 aliphatic carbocycles. The molecule has 0 radical (unpaired) electrons. The molecule has 0 amide bonds. The maximum Gasteiger partial charge on any atom is 0.260 e. The fourth-order valence-corrected chi connectivity index (χ4v) is 4.10. The number of fused-ring (bicyclic) bond motifs is 1. The summed E-state index contributed by atoms with van der Waals surface area (Å²) in [5, 5.41) is 27.3. The number of ether oxygens (including phenoxy) is 1. The molecule has 1 aliphatic rings. The second kappa shape index (κ2) is 8.82. The lowest BCUT2D eigenvalue weighted by atomic mass is 10.0. The molecule has 1 saturated heterocycles. The summed E-state index contributed by atoms with van der Waals surface area (Å²) in [5.74, 6) is 2.15. The van der Waals surface area contributed by atoms with Crippen LogP contribution in [-0.4, -0.2) is 72.7 Å². The molecule has 11 heteroatoms. The van der Waals surface area contributed by atoms with Gasteiger partial charge in [0.2, 0.25) is 11.6 Å². The predicted molar refractivity (Wildman–Crippen MR) is 127 cm³/mol. The van der Waals surface area contributed by atoms with Crippen molar-refractivity contribution in [3.63, 3.8) is 0 Å². The fourth-order valence-electron chi connectivity index (χ4n) is 4.10. The number of aryl methyl sites for hydroxylation is 1. The van der Waals surface area contributed by atoms with Crippen molar-refractivity contribution in [2.24, 2.45) is 5.92 Å². The van der Waals surface area contributed by atoms with E-state index in [0.717, 1.165) is 19.6 Å². The molecule has 0 spiro atoms. The molecule has 1 atom stereocenters. The molecule has 34 heavy (non-hydrogen) atoms. The number of nitrogens with zero attached hydrogens (tertiary/aromatic N) is 8. The fraction of sp³-hybridized carbons (Fsp3) is 0.391. The molecule has 1 aromatic carbocycles. The Bertz CT molecular complexity index is 1320. The van der Waals surface area contributed by atoms with Crippen LogP contribution in [0.5, 0.6) is 11.6 Å². The Morgan fingerprint density at radius 3 is 2.74 bits per heavy atom. The van der Waals surface area contributed by atoms with Crippen molar-refractivity contribution in [3.05, 3.63) is 36.4 Å². The number of hydrogen-bond donors (Lipinski definition) is 2. The van der Waals surface area contributed by atoms with Gasteiger partial charge in [-0.2, -0.15) is 5.10 Å². The average Bonchev–Trinajstić information content (AvgIpc) is 3.23. The summed E-state index contributed by atoms with van der Waals surface area (Å²) in [4.78, 5) is 15.5. The number of anilines is 1. The Hall–Kier alpha value is -3.86. The molecular weight excluding hydrogens is 434 g/mol. The van der Waals surface area contributed by atoms with Crippen molar-refractivity contribution >= 4 is 11.6 Å². The van der Waals surface area contributed by atoms with Gasteiger partial charge in [0.05, 0.1) is 25.2 Å². The van der Waals surface area contributed by atoms with Crippen LogP contribution in [0.4, 0.5) is 5.95 Å². The number of phenols is 1. The van der Waals surface area contributed by atoms with Crippen molar-refractivity contribution in [2.75, 3.05) is 31.6 Å². The van der Waals surface area contributed by atoms with Crippen molar-refractivity contribution in [2.45, 2.75) is 26.8 Å². The molecule has 3 aromatic heterocycles. The molecule has 11 nitrogen and oxygen atoms in total. The van der Waals surface area contributed by atoms with E-state index >= 15 is 0 Å². The molecular formula is C23H27N9O2. The Morgan fingerprint density at radius 1 is 1.18 bits per heavy atom. The molecule has 176 valence electrons. The third-order valence-corrected chi connectivity index (χ3v) is 6.00. The monoisotopic (exact) mass is 461 g/mol. The van der Waals surface area contributed by atoms with E-state index in [9.17, 15) is 5.11 Å². The number of rotatable bonds is 5. The number of nitrogens with one attached hydrogen (secondary N) is 1. The van der Waals surface area contributed by atoms with Gasteiger partial charge in [-0.05, 0) is 25.0 Å². The Morgan fingerprint density at radius 2 is 2.03 bits per heavy atom. The standard InChI is InChI=1S/C23H27N9O2/c1-13(2)18-11-31(8-7-24-18)23-25-10-17(28-29-23)16-6-5-15(9-20(16)33)19-12-32-21(22(27-19)34-4)26-14(3)30-32/h5-6,9-10,12-13,18,24,33H,7-8,11H2,1-4H3/t18-/m1/s1. The Balaban J connectivity index is 1.40. The first kappa shape index (κ1) is 22.0. The summed E-state index contributed by atoms with van der Waals surface area (Å²) in [5.41, 5.74) is 2.87. The molecule has 0 unspecified atom stereocenters. The van der Waals surface area contributed by atoms with Crippen LogP contribution in [0.3, 0.4) is 0 Å². The summed E-state index contributed by atoms with van der Waals surface area (Å²) in [6, 6.07) is 5.65. The molecule has 1 fully saturated rings. The number of aromatic hydroxyl groups is 1. The number of piperazine rings is 1. The summed E-state index contributed by atoms with van der Waals surface area (Å²) < 4.78 is 7.00. The minimum atomic E-state index is 0.0547. The maximum atomic E-state index is 10.8. The highest BCUT2D eigenvalue weighted by Gasteiger charge is 2.24. The number of methoxy groups -OCH3 is 1. The van der Waals surface area contributed by atoms with Crippen molar-refractivity contribution in [1.82, 2.24) is 40.1 Å². The molecule has 5 rings (SSSR count). The molecule has 1 aliphatic heterocycles. The second-order valence-corrected chi connectivity index (χ2v) is 8.69. The lowest BCUT2D eigenvalue weighted by molar-refractivity contribution is 0.365. The van der Waals surface area contributed by atoms with E-state index < -0.39 is 0 Å². The number of aromatic nitrogens is 7. The van der Waals surface area contributed by atoms with E-state index in [0.29, 0.717) is 57.8 Å². The van der Waals surface area contributed by atoms with E-state index in [1.54, 1.807) is 36.0 Å². The molecule has 2 N–H and O–H groups in total. The Kier molecular flexibility index (Phi) is 5.70. The highest BCUT2D eigenvalue weighted by atomic mass is 16.5. The van der Waals surface area contributed by atoms with Crippen molar-refractivity contribution in [3.8, 4) is 34.1 Å². The lowest BCUT2D eigenvalue weighted by Gasteiger charge is -2.35. The van der Waals surface area contributed by atoms with Gasteiger partial charge < -0.3 is 20.1 Å². The first-order chi connectivity index (χ1) is 16.4. The van der Waals surface area contributed by atoms with Crippen LogP contribution in [0.25, 0.3) is 28.2 Å². The first-order valence-electron chi connectivity index (χ1n) is 11.2. The Labute approximate surface area is 196 Å². The topological polar surface area (TPSA) is 126 Å². The minimum absolute atomic E-state index is 0.0547. The smallest absolute Gasteiger partial charge is 0.260 e. The zero-order valence-electron chi connectivity index (χ0n) is 19.6. The molecule has 4 heterocycles. The van der Waals surface area contributed by atoms with Crippen LogP contribution in [0, 0.1) is 12.8 Å². The van der Waals surface area contributed by atoms with E-state index in [-0.39, 0.29) is 5.75 Å². The summed E-state index contributed by atoms with van der Waals surface area (Å²) >= 11 is 0. The van der Waals surface area contributed by atoms with Gasteiger partial charge in [0.25, 0.3) is 5.88 Å². The van der Waals surface area contributed by atoms with Crippen LogP contribution in [0.15, 0.2) is 30.6 Å². The summed E-state index contributed by atoms with van der Waals surface area (Å²) in [6.07, 6.45) is 3.40. The molecule has 4 aromatic rings. The zero-order valence-corrected chi connectivity index (χ0v) is 19.6. The van der Waals surface area contributed by atoms with Gasteiger partial charge in [0.15, 0.2) is 0 Å². The van der Waals surface area contributed by atoms with Gasteiger partial charge in [-0.15, -0.1) is 10.2 Å². The zero-order chi connectivity index (χ0) is 23.8. The first-order valence-corrected chi connectivity index (χ1v) is 11.2. The third-order valence-electron chi connectivity index (χ3n) is 6.00. The second-order valence-electron chi connectivity index (χ2n) is 8.69. The SMILES string of the molecule is COc1nc(-c2ccc(-c3cnc(N4CCN[C@@H](C(C)C)C4)nn3)c(O)c2)cn2nc(C)nc12. The largest absolute Gasteiger partial charge is 0.507 e. The van der Waals surface area contributed by atoms with E-state index in [1.807, 2.05) is 6.07 Å². The van der Waals surface area contributed by atoms with E-state index in [4.69, 9.17) is 4.74 Å². The van der Waals surface area contributed by atoms with Crippen LogP contribution >= 0.6 is 0 Å². The maximum absolute atomic E-state index is 10.8. The van der Waals surface area contributed by atoms with Gasteiger partial charge in [-0.3, -0.25) is 0 Å². The number of phenolic OH excluding ortho intramolecular Hbond substituents is 1. The quantitative estimate of drug-likeness (QED) is 0.456. The van der Waals surface area contributed by atoms with Gasteiger partial charge in [0.1, 0.15) is 17.3 Å². The third kappa shape index (κ3) is 4.10. The molecule has 0 saturated carbocycles. The van der Waals surface area contributed by atoms with Crippen LogP contribution in [0.2, 0.25) is 0 Å². The van der Waals surface area contributed by atoms with Crippen molar-refractivity contribution < 1.29 is 9.84 Å². The van der Waals surface area contributed by atoms with E-state index in [1.165, 1.54) is 7.11 Å². The van der Waals surface area contributed by atoms with Crippen LogP contribution in [0.1, 0.15) is 19.7 Å². The minimum Gasteiger partial charge on any atom is -0.507 e. The highest BCUT2D eigenvalue weighted by molar-refractivity contribution is 5.73. The van der Waals surface area contributed by atoms with Crippen LogP contribution in [-0.2, 0) is 0 Å². The van der Waals surface area contributed by atoms with Crippen molar-refractivity contribution in [1.29, 1.82) is 0 Å². The average molecular weight is 462 g/mol.